The molecule has 2 rings (SSSR count). The molecule has 0 bridgehead atoms. The van der Waals surface area contributed by atoms with Crippen LogP contribution in [0.2, 0.25) is 5.15 Å². The number of aromatic nitrogens is 1. The summed E-state index contributed by atoms with van der Waals surface area (Å²) in [5.74, 6) is 0.368. The highest BCUT2D eigenvalue weighted by Crippen LogP contribution is 2.18. The smallest absolute Gasteiger partial charge is 0.410 e. The van der Waals surface area contributed by atoms with E-state index in [1.165, 1.54) is 0 Å². The van der Waals surface area contributed by atoms with E-state index in [9.17, 15) is 4.79 Å². The van der Waals surface area contributed by atoms with E-state index in [1.807, 2.05) is 20.8 Å². The number of aliphatic imine (C=N–C) groups is 1. The van der Waals surface area contributed by atoms with Gasteiger partial charge in [0.05, 0.1) is 6.04 Å². The molecule has 0 atom stereocenters. The zero-order chi connectivity index (χ0) is 17.0. The second kappa shape index (κ2) is 7.17. The molecule has 1 fully saturated rings. The monoisotopic (exact) mass is 338 g/mol. The van der Waals surface area contributed by atoms with Gasteiger partial charge in [-0.25, -0.2) is 9.78 Å². The van der Waals surface area contributed by atoms with Crippen LogP contribution in [0.4, 0.5) is 10.6 Å². The second-order valence-electron chi connectivity index (χ2n) is 6.59. The third-order valence-electron chi connectivity index (χ3n) is 3.46. The number of ether oxygens (including phenoxy) is 1. The quantitative estimate of drug-likeness (QED) is 0.663. The Labute approximate surface area is 141 Å². The van der Waals surface area contributed by atoms with Gasteiger partial charge in [0.1, 0.15) is 16.6 Å². The molecule has 1 saturated heterocycles. The van der Waals surface area contributed by atoms with E-state index in [-0.39, 0.29) is 12.1 Å². The van der Waals surface area contributed by atoms with Crippen LogP contribution < -0.4 is 5.73 Å². The number of anilines is 1. The van der Waals surface area contributed by atoms with Crippen LogP contribution in [0.3, 0.4) is 0 Å². The van der Waals surface area contributed by atoms with Crippen LogP contribution in [0.1, 0.15) is 39.2 Å². The first-order valence-electron chi connectivity index (χ1n) is 7.68. The van der Waals surface area contributed by atoms with Crippen LogP contribution >= 0.6 is 11.6 Å². The summed E-state index contributed by atoms with van der Waals surface area (Å²) in [5, 5.41) is 0.366. The Hall–Kier alpha value is -1.82. The van der Waals surface area contributed by atoms with Gasteiger partial charge < -0.3 is 15.4 Å². The average molecular weight is 339 g/mol. The lowest BCUT2D eigenvalue weighted by atomic mass is 10.1. The second-order valence-corrected chi connectivity index (χ2v) is 6.97. The van der Waals surface area contributed by atoms with Crippen molar-refractivity contribution in [3.05, 3.63) is 22.8 Å². The number of nitrogens with zero attached hydrogens (tertiary/aromatic N) is 3. The summed E-state index contributed by atoms with van der Waals surface area (Å²) in [6.45, 7) is 6.89. The Morgan fingerprint density at radius 1 is 1.43 bits per heavy atom. The van der Waals surface area contributed by atoms with E-state index in [0.29, 0.717) is 24.1 Å². The number of carbonyl (C=O) groups excluding carboxylic acids is 1. The maximum absolute atomic E-state index is 12.0. The number of likely N-dealkylation sites (tertiary alicyclic amines) is 1. The molecule has 0 saturated carbocycles. The van der Waals surface area contributed by atoms with Gasteiger partial charge in [0, 0.05) is 24.9 Å². The molecule has 7 heteroatoms. The van der Waals surface area contributed by atoms with Crippen molar-refractivity contribution in [3.8, 4) is 0 Å². The molecule has 2 heterocycles. The molecule has 0 radical (unpaired) electrons. The zero-order valence-electron chi connectivity index (χ0n) is 13.8. The van der Waals surface area contributed by atoms with Crippen molar-refractivity contribution in [1.29, 1.82) is 0 Å². The van der Waals surface area contributed by atoms with Crippen molar-refractivity contribution in [1.82, 2.24) is 9.88 Å². The Kier molecular flexibility index (Phi) is 5.46. The van der Waals surface area contributed by atoms with E-state index in [4.69, 9.17) is 22.1 Å². The third kappa shape index (κ3) is 5.39. The van der Waals surface area contributed by atoms with Crippen LogP contribution in [0, 0.1) is 0 Å². The maximum atomic E-state index is 12.0. The number of rotatable bonds is 2. The van der Waals surface area contributed by atoms with Crippen LogP contribution in [-0.2, 0) is 4.74 Å². The normalized spacial score (nSPS) is 16.8. The molecule has 1 aliphatic rings. The van der Waals surface area contributed by atoms with Gasteiger partial charge in [-0.3, -0.25) is 4.99 Å². The fourth-order valence-electron chi connectivity index (χ4n) is 2.28. The Morgan fingerprint density at radius 3 is 2.65 bits per heavy atom. The molecule has 2 N–H and O–H groups in total. The van der Waals surface area contributed by atoms with Gasteiger partial charge in [0.25, 0.3) is 0 Å². The predicted molar refractivity (Wildman–Crippen MR) is 92.1 cm³/mol. The molecule has 0 aliphatic carbocycles. The van der Waals surface area contributed by atoms with Crippen molar-refractivity contribution in [3.63, 3.8) is 0 Å². The fraction of sp³-hybridized carbons (Fsp3) is 0.562. The van der Waals surface area contributed by atoms with Crippen molar-refractivity contribution >= 4 is 29.7 Å². The van der Waals surface area contributed by atoms with Gasteiger partial charge in [-0.1, -0.05) is 11.6 Å². The number of pyridine rings is 1. The first kappa shape index (κ1) is 17.5. The molecule has 0 unspecified atom stereocenters. The molecule has 1 amide bonds. The molecular formula is C16H23ClN4O2. The lowest BCUT2D eigenvalue weighted by Crippen LogP contribution is -2.42. The van der Waals surface area contributed by atoms with Crippen LogP contribution in [-0.4, -0.2) is 46.9 Å². The molecule has 1 aromatic rings. The third-order valence-corrected chi connectivity index (χ3v) is 3.67. The van der Waals surface area contributed by atoms with Crippen molar-refractivity contribution < 1.29 is 9.53 Å². The molecule has 6 nitrogen and oxygen atoms in total. The molecule has 23 heavy (non-hydrogen) atoms. The number of amides is 1. The summed E-state index contributed by atoms with van der Waals surface area (Å²) in [4.78, 5) is 22.3. The minimum Gasteiger partial charge on any atom is -0.444 e. The van der Waals surface area contributed by atoms with Gasteiger partial charge in [0.15, 0.2) is 0 Å². The summed E-state index contributed by atoms with van der Waals surface area (Å²) in [6, 6.07) is 3.65. The molecule has 1 aliphatic heterocycles. The highest BCUT2D eigenvalue weighted by molar-refractivity contribution is 6.29. The molecule has 0 aromatic carbocycles. The van der Waals surface area contributed by atoms with Crippen LogP contribution in [0.25, 0.3) is 0 Å². The fourth-order valence-corrected chi connectivity index (χ4v) is 2.43. The van der Waals surface area contributed by atoms with E-state index in [1.54, 1.807) is 23.2 Å². The summed E-state index contributed by atoms with van der Waals surface area (Å²) in [7, 11) is 0. The molecule has 1 aromatic heterocycles. The first-order chi connectivity index (χ1) is 10.7. The van der Waals surface area contributed by atoms with E-state index >= 15 is 0 Å². The highest BCUT2D eigenvalue weighted by Gasteiger charge is 2.26. The van der Waals surface area contributed by atoms with Gasteiger partial charge in [-0.15, -0.1) is 0 Å². The predicted octanol–water partition coefficient (Wildman–Crippen LogP) is 3.14. The zero-order valence-corrected chi connectivity index (χ0v) is 14.5. The van der Waals surface area contributed by atoms with E-state index in [2.05, 4.69) is 9.98 Å². The van der Waals surface area contributed by atoms with Gasteiger partial charge in [0.2, 0.25) is 0 Å². The number of carbonyl (C=O) groups is 1. The topological polar surface area (TPSA) is 80.8 Å². The van der Waals surface area contributed by atoms with Crippen molar-refractivity contribution in [2.45, 2.75) is 45.3 Å². The maximum Gasteiger partial charge on any atom is 0.410 e. The Bertz CT molecular complexity index is 590. The Morgan fingerprint density at radius 2 is 2.09 bits per heavy atom. The highest BCUT2D eigenvalue weighted by atomic mass is 35.5. The average Bonchev–Trinajstić information content (AvgIpc) is 2.45. The lowest BCUT2D eigenvalue weighted by molar-refractivity contribution is 0.0207. The summed E-state index contributed by atoms with van der Waals surface area (Å²) in [6.07, 6.45) is 3.07. The van der Waals surface area contributed by atoms with Gasteiger partial charge >= 0.3 is 6.09 Å². The first-order valence-corrected chi connectivity index (χ1v) is 8.05. The number of hydrogen-bond acceptors (Lipinski definition) is 5. The Balaban J connectivity index is 1.87. The minimum absolute atomic E-state index is 0.170. The van der Waals surface area contributed by atoms with E-state index < -0.39 is 5.60 Å². The van der Waals surface area contributed by atoms with Crippen molar-refractivity contribution in [2.75, 3.05) is 18.8 Å². The minimum atomic E-state index is -0.467. The summed E-state index contributed by atoms with van der Waals surface area (Å²) < 4.78 is 5.38. The van der Waals surface area contributed by atoms with Gasteiger partial charge in [-0.05, 0) is 45.7 Å². The van der Waals surface area contributed by atoms with Crippen molar-refractivity contribution in [2.24, 2.45) is 4.99 Å². The number of halogens is 1. The number of nitrogens with two attached hydrogens (primary N) is 1. The SMILES string of the molecule is CC(C)(C)OC(=O)N1CCC(N=Cc2ccc(Cl)nc2N)CC1. The standard InChI is InChI=1S/C16H23ClN4O2/c1-16(2,3)23-15(22)21-8-6-12(7-9-21)19-10-11-4-5-13(17)20-14(11)18/h4-5,10,12H,6-9H2,1-3H3,(H2,18,20). The lowest BCUT2D eigenvalue weighted by Gasteiger charge is -2.32. The van der Waals surface area contributed by atoms with Gasteiger partial charge in [-0.2, -0.15) is 0 Å². The summed E-state index contributed by atoms with van der Waals surface area (Å²) in [5.41, 5.74) is 6.09. The number of piperidine rings is 1. The molecule has 126 valence electrons. The van der Waals surface area contributed by atoms with Crippen LogP contribution in [0.15, 0.2) is 17.1 Å². The number of nitrogen functional groups attached to an aromatic ring is 1. The van der Waals surface area contributed by atoms with Crippen LogP contribution in [0.5, 0.6) is 0 Å². The number of hydrogen-bond donors (Lipinski definition) is 1. The largest absolute Gasteiger partial charge is 0.444 e. The molecule has 0 spiro atoms. The summed E-state index contributed by atoms with van der Waals surface area (Å²) >= 11 is 5.77. The molecular weight excluding hydrogens is 316 g/mol. The van der Waals surface area contributed by atoms with E-state index in [0.717, 1.165) is 18.4 Å².